The third-order valence-corrected chi connectivity index (χ3v) is 3.79. The Morgan fingerprint density at radius 2 is 2.37 bits per heavy atom. The highest BCUT2D eigenvalue weighted by Crippen LogP contribution is 2.28. The number of anilines is 1. The summed E-state index contributed by atoms with van der Waals surface area (Å²) in [5, 5.41) is 7.19. The van der Waals surface area contributed by atoms with Crippen molar-refractivity contribution in [1.82, 2.24) is 10.1 Å². The fourth-order valence-corrected chi connectivity index (χ4v) is 2.39. The van der Waals surface area contributed by atoms with Gasteiger partial charge in [0.15, 0.2) is 5.82 Å². The van der Waals surface area contributed by atoms with Crippen LogP contribution in [0.15, 0.2) is 33.9 Å². The van der Waals surface area contributed by atoms with E-state index in [9.17, 15) is 4.79 Å². The predicted octanol–water partition coefficient (Wildman–Crippen LogP) is 3.15. The van der Waals surface area contributed by atoms with Crippen molar-refractivity contribution < 1.29 is 9.32 Å². The molecule has 2 rings (SSSR count). The van der Waals surface area contributed by atoms with Crippen LogP contribution in [0.5, 0.6) is 0 Å². The summed E-state index contributed by atoms with van der Waals surface area (Å²) in [6.45, 7) is 3.53. The molecule has 100 valence electrons. The van der Waals surface area contributed by atoms with Crippen LogP contribution >= 0.6 is 23.4 Å². The summed E-state index contributed by atoms with van der Waals surface area (Å²) < 4.78 is 4.88. The van der Waals surface area contributed by atoms with E-state index in [0.29, 0.717) is 21.6 Å². The van der Waals surface area contributed by atoms with Gasteiger partial charge in [-0.15, -0.1) is 0 Å². The summed E-state index contributed by atoms with van der Waals surface area (Å²) in [6.07, 6.45) is 1.64. The minimum absolute atomic E-state index is 0.181. The zero-order valence-corrected chi connectivity index (χ0v) is 12.0. The number of amides is 1. The van der Waals surface area contributed by atoms with Crippen molar-refractivity contribution in [1.29, 1.82) is 0 Å². The van der Waals surface area contributed by atoms with Crippen LogP contribution in [0.3, 0.4) is 0 Å². The van der Waals surface area contributed by atoms with E-state index in [-0.39, 0.29) is 11.2 Å². The smallest absolute Gasteiger partial charge is 0.238 e. The lowest BCUT2D eigenvalue weighted by molar-refractivity contribution is -0.115. The first kappa shape index (κ1) is 13.9. The molecule has 0 saturated carbocycles. The second kappa shape index (κ2) is 6.08. The lowest BCUT2D eigenvalue weighted by Crippen LogP contribution is -2.22. The van der Waals surface area contributed by atoms with Crippen LogP contribution in [0.25, 0.3) is 0 Å². The number of rotatable bonds is 4. The fraction of sp³-hybridized carbons (Fsp3) is 0.250. The van der Waals surface area contributed by atoms with Gasteiger partial charge in [-0.25, -0.2) is 4.98 Å². The molecule has 0 saturated heterocycles. The van der Waals surface area contributed by atoms with Gasteiger partial charge in [0.25, 0.3) is 0 Å². The quantitative estimate of drug-likeness (QED) is 0.878. The number of pyridine rings is 1. The minimum Gasteiger partial charge on any atom is -0.360 e. The molecule has 0 aliphatic heterocycles. The van der Waals surface area contributed by atoms with Gasteiger partial charge >= 0.3 is 0 Å². The highest BCUT2D eigenvalue weighted by Gasteiger charge is 2.17. The normalized spacial score (nSPS) is 12.2. The number of carbonyl (C=O) groups excluding carboxylic acids is 1. The Bertz CT molecular complexity index is 588. The number of thioether (sulfide) groups is 1. The molecule has 7 heteroatoms. The van der Waals surface area contributed by atoms with Gasteiger partial charge in [-0.05, 0) is 26.0 Å². The van der Waals surface area contributed by atoms with E-state index in [1.54, 1.807) is 38.2 Å². The first-order valence-electron chi connectivity index (χ1n) is 5.57. The number of hydrogen-bond acceptors (Lipinski definition) is 5. The van der Waals surface area contributed by atoms with Crippen LogP contribution in [0.4, 0.5) is 5.82 Å². The molecule has 0 aliphatic rings. The SMILES string of the molecule is Cc1cc(NC(=O)[C@H](C)Sc2ncccc2Cl)no1. The van der Waals surface area contributed by atoms with Gasteiger partial charge in [-0.3, -0.25) is 4.79 Å². The third-order valence-electron chi connectivity index (χ3n) is 2.26. The highest BCUT2D eigenvalue weighted by molar-refractivity contribution is 8.00. The number of nitrogens with zero attached hydrogens (tertiary/aromatic N) is 2. The Balaban J connectivity index is 1.98. The van der Waals surface area contributed by atoms with E-state index in [1.165, 1.54) is 11.8 Å². The maximum absolute atomic E-state index is 12.0. The van der Waals surface area contributed by atoms with Crippen molar-refractivity contribution in [3.8, 4) is 0 Å². The Morgan fingerprint density at radius 3 is 3.00 bits per heavy atom. The maximum atomic E-state index is 12.0. The van der Waals surface area contributed by atoms with Gasteiger partial charge in [0.2, 0.25) is 5.91 Å². The molecule has 1 atom stereocenters. The van der Waals surface area contributed by atoms with E-state index < -0.39 is 0 Å². The van der Waals surface area contributed by atoms with Crippen LogP contribution in [-0.4, -0.2) is 21.3 Å². The van der Waals surface area contributed by atoms with Crippen molar-refractivity contribution in [2.75, 3.05) is 5.32 Å². The molecule has 0 radical (unpaired) electrons. The molecule has 2 aromatic heterocycles. The Hall–Kier alpha value is -1.53. The topological polar surface area (TPSA) is 68.0 Å². The number of aryl methyl sites for hydroxylation is 1. The summed E-state index contributed by atoms with van der Waals surface area (Å²) in [5.74, 6) is 0.866. The lowest BCUT2D eigenvalue weighted by atomic mass is 10.4. The Labute approximate surface area is 119 Å². The van der Waals surface area contributed by atoms with Gasteiger partial charge < -0.3 is 9.84 Å². The number of aromatic nitrogens is 2. The average molecular weight is 298 g/mol. The van der Waals surface area contributed by atoms with E-state index in [0.717, 1.165) is 0 Å². The number of nitrogens with one attached hydrogen (secondary N) is 1. The zero-order valence-electron chi connectivity index (χ0n) is 10.4. The molecular weight excluding hydrogens is 286 g/mol. The summed E-state index contributed by atoms with van der Waals surface area (Å²) in [4.78, 5) is 16.1. The average Bonchev–Trinajstić information content (AvgIpc) is 2.77. The van der Waals surface area contributed by atoms with Crippen molar-refractivity contribution in [3.63, 3.8) is 0 Å². The van der Waals surface area contributed by atoms with E-state index >= 15 is 0 Å². The van der Waals surface area contributed by atoms with Gasteiger partial charge in [0.05, 0.1) is 10.3 Å². The summed E-state index contributed by atoms with van der Waals surface area (Å²) >= 11 is 7.29. The fourth-order valence-electron chi connectivity index (χ4n) is 1.33. The molecule has 0 fully saturated rings. The number of halogens is 1. The molecule has 0 aliphatic carbocycles. The number of carbonyl (C=O) groups is 1. The van der Waals surface area contributed by atoms with Crippen LogP contribution in [0, 0.1) is 6.92 Å². The second-order valence-corrected chi connectivity index (χ2v) is 5.60. The van der Waals surface area contributed by atoms with Crippen LogP contribution in [0.2, 0.25) is 5.02 Å². The van der Waals surface area contributed by atoms with Crippen LogP contribution < -0.4 is 5.32 Å². The van der Waals surface area contributed by atoms with Crippen LogP contribution in [0.1, 0.15) is 12.7 Å². The molecule has 2 heterocycles. The molecule has 1 amide bonds. The first-order chi connectivity index (χ1) is 9.06. The lowest BCUT2D eigenvalue weighted by Gasteiger charge is -2.10. The Morgan fingerprint density at radius 1 is 1.58 bits per heavy atom. The highest BCUT2D eigenvalue weighted by atomic mass is 35.5. The molecule has 2 aromatic rings. The minimum atomic E-state index is -0.343. The van der Waals surface area contributed by atoms with Crippen LogP contribution in [-0.2, 0) is 4.79 Å². The standard InChI is InChI=1S/C12H12ClN3O2S/c1-7-6-10(16-18-7)15-11(17)8(2)19-12-9(13)4-3-5-14-12/h3-6,8H,1-2H3,(H,15,16,17)/t8-/m0/s1. The summed E-state index contributed by atoms with van der Waals surface area (Å²) in [7, 11) is 0. The molecule has 0 aromatic carbocycles. The third kappa shape index (κ3) is 3.71. The van der Waals surface area contributed by atoms with Gasteiger partial charge in [0.1, 0.15) is 10.8 Å². The van der Waals surface area contributed by atoms with E-state index in [1.807, 2.05) is 0 Å². The van der Waals surface area contributed by atoms with Crippen molar-refractivity contribution >= 4 is 35.1 Å². The van der Waals surface area contributed by atoms with Gasteiger partial charge in [-0.1, -0.05) is 28.5 Å². The van der Waals surface area contributed by atoms with Crippen molar-refractivity contribution in [2.24, 2.45) is 0 Å². The first-order valence-corrected chi connectivity index (χ1v) is 6.83. The molecular formula is C12H12ClN3O2S. The molecule has 1 N–H and O–H groups in total. The molecule has 0 bridgehead atoms. The molecule has 0 unspecified atom stereocenters. The molecule has 5 nitrogen and oxygen atoms in total. The Kier molecular flexibility index (Phi) is 4.44. The molecule has 19 heavy (non-hydrogen) atoms. The van der Waals surface area contributed by atoms with Gasteiger partial charge in [0, 0.05) is 12.3 Å². The number of hydrogen-bond donors (Lipinski definition) is 1. The largest absolute Gasteiger partial charge is 0.360 e. The van der Waals surface area contributed by atoms with Crippen molar-refractivity contribution in [3.05, 3.63) is 35.2 Å². The van der Waals surface area contributed by atoms with E-state index in [2.05, 4.69) is 15.5 Å². The molecule has 0 spiro atoms. The van der Waals surface area contributed by atoms with E-state index in [4.69, 9.17) is 16.1 Å². The predicted molar refractivity (Wildman–Crippen MR) is 74.4 cm³/mol. The van der Waals surface area contributed by atoms with Crippen molar-refractivity contribution in [2.45, 2.75) is 24.1 Å². The summed E-state index contributed by atoms with van der Waals surface area (Å²) in [5.41, 5.74) is 0. The van der Waals surface area contributed by atoms with Gasteiger partial charge in [-0.2, -0.15) is 0 Å². The summed E-state index contributed by atoms with van der Waals surface area (Å²) in [6, 6.07) is 5.14. The monoisotopic (exact) mass is 297 g/mol. The zero-order chi connectivity index (χ0) is 13.8. The maximum Gasteiger partial charge on any atom is 0.238 e. The second-order valence-electron chi connectivity index (χ2n) is 3.86.